The highest BCUT2D eigenvalue weighted by molar-refractivity contribution is 6.32. The van der Waals surface area contributed by atoms with Crippen LogP contribution in [0.1, 0.15) is 39.2 Å². The Morgan fingerprint density at radius 2 is 1.77 bits per heavy atom. The number of hydrogen-bond donors (Lipinski definition) is 4. The number of nitrogens with zero attached hydrogens (tertiary/aromatic N) is 2. The monoisotopic (exact) mass is 578 g/mol. The number of aliphatic hydroxyl groups is 1. The summed E-state index contributed by atoms with van der Waals surface area (Å²) in [7, 11) is 0. The summed E-state index contributed by atoms with van der Waals surface area (Å²) in [4.78, 5) is 27.9. The second-order valence-electron chi connectivity index (χ2n) is 10.8. The van der Waals surface area contributed by atoms with Crippen LogP contribution in [0.4, 0.5) is 11.4 Å². The van der Waals surface area contributed by atoms with Crippen molar-refractivity contribution in [1.82, 2.24) is 10.2 Å². The van der Waals surface area contributed by atoms with Gasteiger partial charge in [-0.25, -0.2) is 4.79 Å². The maximum absolute atomic E-state index is 11.9. The van der Waals surface area contributed by atoms with Crippen LogP contribution < -0.4 is 20.3 Å². The lowest BCUT2D eigenvalue weighted by Gasteiger charge is -2.34. The number of nitrogens with one attached hydrogen (secondary N) is 2. The topological polar surface area (TPSA) is 114 Å². The molecular formula is C28H36Cl2N4O5. The molecule has 2 atom stereocenters. The van der Waals surface area contributed by atoms with E-state index >= 15 is 0 Å². The van der Waals surface area contributed by atoms with Crippen molar-refractivity contribution in [3.63, 3.8) is 0 Å². The maximum Gasteiger partial charge on any atom is 0.347 e. The largest absolute Gasteiger partial charge is 0.478 e. The van der Waals surface area contributed by atoms with Crippen molar-refractivity contribution in [1.29, 1.82) is 0 Å². The molecule has 2 aromatic rings. The van der Waals surface area contributed by atoms with E-state index in [0.717, 1.165) is 37.5 Å². The van der Waals surface area contributed by atoms with Gasteiger partial charge in [-0.2, -0.15) is 0 Å². The van der Waals surface area contributed by atoms with Gasteiger partial charge in [0.15, 0.2) is 5.60 Å². The van der Waals surface area contributed by atoms with Gasteiger partial charge in [-0.15, -0.1) is 0 Å². The van der Waals surface area contributed by atoms with E-state index in [9.17, 15) is 19.8 Å². The van der Waals surface area contributed by atoms with E-state index in [0.29, 0.717) is 24.5 Å². The first-order chi connectivity index (χ1) is 18.4. The number of carbonyl (C=O) groups excluding carboxylic acids is 1. The molecule has 2 unspecified atom stereocenters. The second kappa shape index (κ2) is 12.3. The van der Waals surface area contributed by atoms with Crippen LogP contribution in [0.3, 0.4) is 0 Å². The fourth-order valence-electron chi connectivity index (χ4n) is 5.05. The Hall–Kier alpha value is -2.56. The molecule has 9 nitrogen and oxygen atoms in total. The van der Waals surface area contributed by atoms with Gasteiger partial charge in [0, 0.05) is 43.7 Å². The predicted molar refractivity (Wildman–Crippen MR) is 153 cm³/mol. The number of rotatable bonds is 9. The number of piperidine rings is 1. The van der Waals surface area contributed by atoms with Crippen LogP contribution in [0.2, 0.25) is 10.0 Å². The van der Waals surface area contributed by atoms with Crippen molar-refractivity contribution in [2.75, 3.05) is 36.4 Å². The van der Waals surface area contributed by atoms with Gasteiger partial charge in [-0.3, -0.25) is 9.69 Å². The quantitative estimate of drug-likeness (QED) is 0.353. The third-order valence-electron chi connectivity index (χ3n) is 7.23. The number of β-amino-alcohol motifs (C(OH)–C–C–N with tert-alkyl or cyclic N) is 1. The standard InChI is InChI=1S/C28H36Cl2N4O5/c1-17(35)31-22-12-21(30)26(39-28(2,3)27(37)38)13-24(22)34-15-23(25(36)16-34)32-20-8-10-33(11-9-20)14-18-4-6-19(29)7-5-18/h4-7,12-13,20,23,25,32,36H,8-11,14-16H2,1-3H3,(H,31,35)(H,37,38). The second-order valence-corrected chi connectivity index (χ2v) is 11.7. The molecule has 0 radical (unpaired) electrons. The van der Waals surface area contributed by atoms with Crippen LogP contribution in [0.15, 0.2) is 36.4 Å². The number of carboxylic acids is 1. The van der Waals surface area contributed by atoms with Crippen molar-refractivity contribution in [3.05, 3.63) is 52.0 Å². The van der Waals surface area contributed by atoms with Gasteiger partial charge in [-0.05, 0) is 63.5 Å². The van der Waals surface area contributed by atoms with Crippen molar-refractivity contribution < 1.29 is 24.5 Å². The lowest BCUT2D eigenvalue weighted by Crippen LogP contribution is -2.49. The Balaban J connectivity index is 1.41. The molecule has 4 rings (SSSR count). The number of anilines is 2. The highest BCUT2D eigenvalue weighted by Crippen LogP contribution is 2.39. The number of amides is 1. The molecule has 11 heteroatoms. The molecule has 2 aliphatic heterocycles. The molecule has 39 heavy (non-hydrogen) atoms. The summed E-state index contributed by atoms with van der Waals surface area (Å²) in [6.07, 6.45) is 1.31. The molecule has 0 saturated carbocycles. The zero-order valence-corrected chi connectivity index (χ0v) is 23.9. The van der Waals surface area contributed by atoms with Gasteiger partial charge in [0.25, 0.3) is 0 Å². The van der Waals surface area contributed by atoms with Crippen molar-refractivity contribution in [2.45, 2.75) is 63.9 Å². The van der Waals surface area contributed by atoms with Crippen LogP contribution >= 0.6 is 23.2 Å². The van der Waals surface area contributed by atoms with Gasteiger partial charge < -0.3 is 30.5 Å². The third-order valence-corrected chi connectivity index (χ3v) is 7.77. The Labute approximate surface area is 239 Å². The highest BCUT2D eigenvalue weighted by Gasteiger charge is 2.36. The minimum absolute atomic E-state index is 0.168. The van der Waals surface area contributed by atoms with Gasteiger partial charge in [0.05, 0.1) is 28.5 Å². The summed E-state index contributed by atoms with van der Waals surface area (Å²) in [5.74, 6) is -1.22. The number of benzene rings is 2. The lowest BCUT2D eigenvalue weighted by atomic mass is 10.0. The SMILES string of the molecule is CC(=O)Nc1cc(Cl)c(OC(C)(C)C(=O)O)cc1N1CC(O)C(NC2CCN(Cc3ccc(Cl)cc3)CC2)C1. The molecule has 0 aliphatic carbocycles. The molecule has 2 saturated heterocycles. The zero-order valence-electron chi connectivity index (χ0n) is 22.4. The Bertz CT molecular complexity index is 1190. The van der Waals surface area contributed by atoms with Crippen molar-refractivity contribution >= 4 is 46.5 Å². The summed E-state index contributed by atoms with van der Waals surface area (Å²) < 4.78 is 5.73. The number of halogens is 2. The average molecular weight is 580 g/mol. The Morgan fingerprint density at radius 3 is 2.38 bits per heavy atom. The third kappa shape index (κ3) is 7.55. The minimum Gasteiger partial charge on any atom is -0.478 e. The predicted octanol–water partition coefficient (Wildman–Crippen LogP) is 4.00. The van der Waals surface area contributed by atoms with E-state index < -0.39 is 17.7 Å². The number of aliphatic carboxylic acids is 1. The van der Waals surface area contributed by atoms with Gasteiger partial charge >= 0.3 is 5.97 Å². The van der Waals surface area contributed by atoms with Crippen LogP contribution in [-0.4, -0.2) is 77.0 Å². The summed E-state index contributed by atoms with van der Waals surface area (Å²) in [5.41, 5.74) is 0.803. The highest BCUT2D eigenvalue weighted by atomic mass is 35.5. The minimum atomic E-state index is -1.51. The average Bonchev–Trinajstić information content (AvgIpc) is 3.22. The van der Waals surface area contributed by atoms with E-state index in [1.54, 1.807) is 12.1 Å². The fourth-order valence-corrected chi connectivity index (χ4v) is 5.37. The molecular weight excluding hydrogens is 543 g/mol. The number of carbonyl (C=O) groups is 2. The molecule has 0 spiro atoms. The van der Waals surface area contributed by atoms with E-state index in [1.807, 2.05) is 17.0 Å². The molecule has 0 aromatic heterocycles. The van der Waals surface area contributed by atoms with E-state index in [4.69, 9.17) is 27.9 Å². The van der Waals surface area contributed by atoms with E-state index in [-0.39, 0.29) is 28.8 Å². The summed E-state index contributed by atoms with van der Waals surface area (Å²) in [6.45, 7) is 7.91. The summed E-state index contributed by atoms with van der Waals surface area (Å²) >= 11 is 12.4. The summed E-state index contributed by atoms with van der Waals surface area (Å²) in [5, 5.41) is 27.8. The molecule has 0 bridgehead atoms. The fraction of sp³-hybridized carbons (Fsp3) is 0.500. The van der Waals surface area contributed by atoms with Crippen LogP contribution in [0, 0.1) is 0 Å². The number of likely N-dealkylation sites (tertiary alicyclic amines) is 1. The van der Waals surface area contributed by atoms with Crippen molar-refractivity contribution in [2.24, 2.45) is 0 Å². The maximum atomic E-state index is 11.9. The molecule has 212 valence electrons. The van der Waals surface area contributed by atoms with Gasteiger partial charge in [-0.1, -0.05) is 35.3 Å². The van der Waals surface area contributed by atoms with E-state index in [2.05, 4.69) is 27.7 Å². The van der Waals surface area contributed by atoms with Gasteiger partial charge in [0.2, 0.25) is 5.91 Å². The van der Waals surface area contributed by atoms with Crippen LogP contribution in [0.25, 0.3) is 0 Å². The van der Waals surface area contributed by atoms with Crippen molar-refractivity contribution in [3.8, 4) is 5.75 Å². The molecule has 2 aromatic carbocycles. The molecule has 2 aliphatic rings. The molecule has 2 heterocycles. The number of carboxylic acid groups (broad SMARTS) is 1. The summed E-state index contributed by atoms with van der Waals surface area (Å²) in [6, 6.07) is 11.2. The normalized spacial score (nSPS) is 20.7. The molecule has 1 amide bonds. The number of hydrogen-bond acceptors (Lipinski definition) is 7. The first kappa shape index (κ1) is 29.4. The van der Waals surface area contributed by atoms with E-state index in [1.165, 1.54) is 26.3 Å². The van der Waals surface area contributed by atoms with Crippen LogP contribution in [0.5, 0.6) is 5.75 Å². The van der Waals surface area contributed by atoms with Crippen LogP contribution in [-0.2, 0) is 16.1 Å². The molecule has 4 N–H and O–H groups in total. The lowest BCUT2D eigenvalue weighted by molar-refractivity contribution is -0.152. The molecule has 2 fully saturated rings. The Morgan fingerprint density at radius 1 is 1.10 bits per heavy atom. The van der Waals surface area contributed by atoms with Gasteiger partial charge in [0.1, 0.15) is 5.75 Å². The first-order valence-electron chi connectivity index (χ1n) is 13.1. The smallest absolute Gasteiger partial charge is 0.347 e. The number of ether oxygens (including phenoxy) is 1. The zero-order chi connectivity index (χ0) is 28.3. The first-order valence-corrected chi connectivity index (χ1v) is 13.9. The number of aliphatic hydroxyl groups excluding tert-OH is 1. The Kier molecular flexibility index (Phi) is 9.29.